The van der Waals surface area contributed by atoms with Gasteiger partial charge in [-0.2, -0.15) is 0 Å². The molecule has 3 nitrogen and oxygen atoms in total. The maximum atomic E-state index is 13.9. The number of carboxylic acid groups (broad SMARTS) is 1. The Morgan fingerprint density at radius 2 is 1.80 bits per heavy atom. The molecule has 0 amide bonds. The number of aliphatic carboxylic acids is 1. The van der Waals surface area contributed by atoms with Crippen LogP contribution in [0.1, 0.15) is 11.7 Å². The van der Waals surface area contributed by atoms with E-state index in [0.29, 0.717) is 10.6 Å². The number of halogens is 3. The highest BCUT2D eigenvalue weighted by Crippen LogP contribution is 2.33. The van der Waals surface area contributed by atoms with Gasteiger partial charge in [0.25, 0.3) is 0 Å². The van der Waals surface area contributed by atoms with Crippen LogP contribution in [0.25, 0.3) is 11.1 Å². The van der Waals surface area contributed by atoms with Crippen molar-refractivity contribution < 1.29 is 19.4 Å². The summed E-state index contributed by atoms with van der Waals surface area (Å²) in [5.41, 5.74) is 0.539. The van der Waals surface area contributed by atoms with Gasteiger partial charge in [-0.05, 0) is 29.8 Å². The van der Waals surface area contributed by atoms with Gasteiger partial charge in [0.15, 0.2) is 6.10 Å². The molecule has 0 aliphatic rings. The van der Waals surface area contributed by atoms with Crippen LogP contribution in [0.15, 0.2) is 36.4 Å². The van der Waals surface area contributed by atoms with E-state index in [0.717, 1.165) is 6.07 Å². The van der Waals surface area contributed by atoms with E-state index in [1.54, 1.807) is 6.07 Å². The number of aliphatic hydroxyl groups is 1. The fraction of sp³-hybridized carbons (Fsp3) is 0.0714. The van der Waals surface area contributed by atoms with Crippen molar-refractivity contribution in [3.8, 4) is 11.1 Å². The molecule has 6 heteroatoms. The molecule has 104 valence electrons. The van der Waals surface area contributed by atoms with Gasteiger partial charge in [-0.15, -0.1) is 0 Å². The quantitative estimate of drug-likeness (QED) is 0.902. The molecule has 0 saturated heterocycles. The topological polar surface area (TPSA) is 57.5 Å². The Hall–Kier alpha value is -1.62. The van der Waals surface area contributed by atoms with Gasteiger partial charge in [0, 0.05) is 21.2 Å². The molecule has 0 heterocycles. The number of rotatable bonds is 3. The molecule has 2 aromatic rings. The lowest BCUT2D eigenvalue weighted by Crippen LogP contribution is -2.10. The van der Waals surface area contributed by atoms with Crippen molar-refractivity contribution >= 4 is 29.2 Å². The number of hydrogen-bond acceptors (Lipinski definition) is 2. The first-order chi connectivity index (χ1) is 9.40. The van der Waals surface area contributed by atoms with Crippen molar-refractivity contribution in [2.24, 2.45) is 0 Å². The van der Waals surface area contributed by atoms with E-state index in [-0.39, 0.29) is 16.1 Å². The molecule has 0 aromatic heterocycles. The largest absolute Gasteiger partial charge is 0.479 e. The van der Waals surface area contributed by atoms with E-state index in [1.165, 1.54) is 24.3 Å². The SMILES string of the molecule is O=C(O)C(O)c1ccc(F)c(-c2ccc(Cl)cc2Cl)c1. The van der Waals surface area contributed by atoms with Gasteiger partial charge in [-0.1, -0.05) is 35.3 Å². The summed E-state index contributed by atoms with van der Waals surface area (Å²) in [7, 11) is 0. The zero-order chi connectivity index (χ0) is 14.9. The predicted molar refractivity (Wildman–Crippen MR) is 74.5 cm³/mol. The van der Waals surface area contributed by atoms with Crippen molar-refractivity contribution in [3.63, 3.8) is 0 Å². The van der Waals surface area contributed by atoms with Gasteiger partial charge in [0.2, 0.25) is 0 Å². The minimum absolute atomic E-state index is 0.0694. The van der Waals surface area contributed by atoms with Crippen molar-refractivity contribution in [1.82, 2.24) is 0 Å². The molecule has 0 fully saturated rings. The normalized spacial score (nSPS) is 12.2. The van der Waals surface area contributed by atoms with E-state index < -0.39 is 17.9 Å². The molecule has 0 aliphatic heterocycles. The van der Waals surface area contributed by atoms with Gasteiger partial charge in [0.05, 0.1) is 0 Å². The molecule has 2 rings (SSSR count). The van der Waals surface area contributed by atoms with Crippen LogP contribution in [0, 0.1) is 5.82 Å². The first-order valence-corrected chi connectivity index (χ1v) is 6.31. The molecule has 2 aromatic carbocycles. The minimum Gasteiger partial charge on any atom is -0.479 e. The Kier molecular flexibility index (Phi) is 4.28. The summed E-state index contributed by atoms with van der Waals surface area (Å²) in [5, 5.41) is 18.9. The van der Waals surface area contributed by atoms with E-state index in [9.17, 15) is 14.3 Å². The summed E-state index contributed by atoms with van der Waals surface area (Å²) in [6.45, 7) is 0. The Morgan fingerprint density at radius 3 is 2.40 bits per heavy atom. The van der Waals surface area contributed by atoms with Crippen LogP contribution in [0.5, 0.6) is 0 Å². The van der Waals surface area contributed by atoms with Gasteiger partial charge in [-0.25, -0.2) is 9.18 Å². The molecule has 0 bridgehead atoms. The van der Waals surface area contributed by atoms with Crippen molar-refractivity contribution in [2.75, 3.05) is 0 Å². The predicted octanol–water partition coefficient (Wildman–Crippen LogP) is 3.92. The van der Waals surface area contributed by atoms with Crippen molar-refractivity contribution in [2.45, 2.75) is 6.10 Å². The first kappa shape index (κ1) is 14.8. The van der Waals surface area contributed by atoms with Gasteiger partial charge in [-0.3, -0.25) is 0 Å². The number of hydrogen-bond donors (Lipinski definition) is 2. The van der Waals surface area contributed by atoms with E-state index >= 15 is 0 Å². The van der Waals surface area contributed by atoms with Crippen LogP contribution in [-0.4, -0.2) is 16.2 Å². The Bertz CT molecular complexity index is 673. The lowest BCUT2D eigenvalue weighted by molar-refractivity contribution is -0.146. The highest BCUT2D eigenvalue weighted by Gasteiger charge is 2.18. The molecular weight excluding hydrogens is 306 g/mol. The van der Waals surface area contributed by atoms with Crippen LogP contribution in [-0.2, 0) is 4.79 Å². The number of carbonyl (C=O) groups is 1. The van der Waals surface area contributed by atoms with Crippen LogP contribution < -0.4 is 0 Å². The Morgan fingerprint density at radius 1 is 1.10 bits per heavy atom. The minimum atomic E-state index is -1.72. The highest BCUT2D eigenvalue weighted by molar-refractivity contribution is 6.36. The van der Waals surface area contributed by atoms with Crippen LogP contribution >= 0.6 is 23.2 Å². The molecule has 1 unspecified atom stereocenters. The van der Waals surface area contributed by atoms with Gasteiger partial charge >= 0.3 is 5.97 Å². The van der Waals surface area contributed by atoms with Crippen LogP contribution in [0.2, 0.25) is 10.0 Å². The third-order valence-corrected chi connectivity index (χ3v) is 3.31. The summed E-state index contributed by atoms with van der Waals surface area (Å²) in [4.78, 5) is 10.8. The molecule has 2 N–H and O–H groups in total. The number of benzene rings is 2. The highest BCUT2D eigenvalue weighted by atomic mass is 35.5. The fourth-order valence-electron chi connectivity index (χ4n) is 1.77. The van der Waals surface area contributed by atoms with E-state index in [1.807, 2.05) is 0 Å². The molecular formula is C14H9Cl2FO3. The van der Waals surface area contributed by atoms with Gasteiger partial charge < -0.3 is 10.2 Å². The van der Waals surface area contributed by atoms with Crippen molar-refractivity contribution in [1.29, 1.82) is 0 Å². The third kappa shape index (κ3) is 2.93. The molecule has 0 saturated carbocycles. The summed E-state index contributed by atoms with van der Waals surface area (Å²) < 4.78 is 13.9. The fourth-order valence-corrected chi connectivity index (χ4v) is 2.28. The zero-order valence-corrected chi connectivity index (χ0v) is 11.5. The summed E-state index contributed by atoms with van der Waals surface area (Å²) in [6.07, 6.45) is -1.72. The molecule has 0 aliphatic carbocycles. The van der Waals surface area contributed by atoms with E-state index in [4.69, 9.17) is 28.3 Å². The lowest BCUT2D eigenvalue weighted by Gasteiger charge is -2.11. The smallest absolute Gasteiger partial charge is 0.337 e. The van der Waals surface area contributed by atoms with Gasteiger partial charge in [0.1, 0.15) is 5.82 Å². The molecule has 0 spiro atoms. The summed E-state index contributed by atoms with van der Waals surface area (Å²) >= 11 is 11.8. The van der Waals surface area contributed by atoms with Crippen molar-refractivity contribution in [3.05, 3.63) is 57.8 Å². The summed E-state index contributed by atoms with van der Waals surface area (Å²) in [6, 6.07) is 8.08. The molecule has 20 heavy (non-hydrogen) atoms. The van der Waals surface area contributed by atoms with Crippen LogP contribution in [0.4, 0.5) is 4.39 Å². The Labute approximate surface area is 124 Å². The standard InChI is InChI=1S/C14H9Cl2FO3/c15-8-2-3-9(11(16)6-8)10-5-7(1-4-12(10)17)13(18)14(19)20/h1-6,13,18H,(H,19,20). The maximum Gasteiger partial charge on any atom is 0.337 e. The average molecular weight is 315 g/mol. The first-order valence-electron chi connectivity index (χ1n) is 5.56. The monoisotopic (exact) mass is 314 g/mol. The number of carboxylic acids is 1. The molecule has 0 radical (unpaired) electrons. The second-order valence-corrected chi connectivity index (χ2v) is 4.95. The second kappa shape index (κ2) is 5.79. The number of aliphatic hydroxyl groups excluding tert-OH is 1. The Balaban J connectivity index is 2.56. The van der Waals surface area contributed by atoms with E-state index in [2.05, 4.69) is 0 Å². The third-order valence-electron chi connectivity index (χ3n) is 2.76. The maximum absolute atomic E-state index is 13.9. The average Bonchev–Trinajstić information content (AvgIpc) is 2.39. The zero-order valence-electron chi connectivity index (χ0n) is 9.98. The second-order valence-electron chi connectivity index (χ2n) is 4.10. The lowest BCUT2D eigenvalue weighted by atomic mass is 10.00. The summed E-state index contributed by atoms with van der Waals surface area (Å²) in [5.74, 6) is -1.99. The molecule has 1 atom stereocenters. The van der Waals surface area contributed by atoms with Crippen LogP contribution in [0.3, 0.4) is 0 Å².